The van der Waals surface area contributed by atoms with Crippen LogP contribution in [-0.2, 0) is 23.8 Å². The van der Waals surface area contributed by atoms with Crippen molar-refractivity contribution < 1.29 is 23.8 Å². The molecule has 118 valence electrons. The average molecular weight is 304 g/mol. The summed E-state index contributed by atoms with van der Waals surface area (Å²) >= 11 is 0. The lowest BCUT2D eigenvalue weighted by atomic mass is 10.1. The van der Waals surface area contributed by atoms with E-state index in [1.807, 2.05) is 6.07 Å². The van der Waals surface area contributed by atoms with Crippen molar-refractivity contribution in [2.45, 2.75) is 33.2 Å². The first kappa shape index (κ1) is 17.9. The maximum absolute atomic E-state index is 12.0. The molecule has 0 heterocycles. The van der Waals surface area contributed by atoms with Gasteiger partial charge in [0.05, 0.1) is 0 Å². The molecule has 5 heteroatoms. The Kier molecular flexibility index (Phi) is 7.90. The number of esters is 1. The molecular formula is C17H20O5. The SMILES string of the molecule is CCOC(OCC)C(=O)C#CC(OC(C)=O)c1ccccc1. The summed E-state index contributed by atoms with van der Waals surface area (Å²) in [6.45, 7) is 5.49. The number of hydrogen-bond donors (Lipinski definition) is 0. The van der Waals surface area contributed by atoms with Crippen LogP contribution in [0.25, 0.3) is 0 Å². The third kappa shape index (κ3) is 6.08. The quantitative estimate of drug-likeness (QED) is 0.335. The van der Waals surface area contributed by atoms with Gasteiger partial charge in [-0.1, -0.05) is 30.3 Å². The van der Waals surface area contributed by atoms with E-state index in [-0.39, 0.29) is 0 Å². The lowest BCUT2D eigenvalue weighted by molar-refractivity contribution is -0.162. The van der Waals surface area contributed by atoms with E-state index in [0.29, 0.717) is 18.8 Å². The maximum atomic E-state index is 12.0. The van der Waals surface area contributed by atoms with Gasteiger partial charge >= 0.3 is 5.97 Å². The van der Waals surface area contributed by atoms with Crippen LogP contribution in [0.15, 0.2) is 30.3 Å². The molecule has 0 bridgehead atoms. The molecule has 0 radical (unpaired) electrons. The number of rotatable bonds is 7. The molecule has 1 atom stereocenters. The van der Waals surface area contributed by atoms with Crippen LogP contribution in [-0.4, -0.2) is 31.3 Å². The molecule has 0 spiro atoms. The van der Waals surface area contributed by atoms with E-state index >= 15 is 0 Å². The Morgan fingerprint density at radius 3 is 2.18 bits per heavy atom. The molecular weight excluding hydrogens is 284 g/mol. The molecule has 5 nitrogen and oxygen atoms in total. The molecule has 1 rings (SSSR count). The first-order chi connectivity index (χ1) is 10.6. The first-order valence-corrected chi connectivity index (χ1v) is 7.09. The van der Waals surface area contributed by atoms with Gasteiger partial charge in [0.2, 0.25) is 6.29 Å². The third-order valence-corrected chi connectivity index (χ3v) is 2.56. The fraction of sp³-hybridized carbons (Fsp3) is 0.412. The Hall–Kier alpha value is -2.16. The molecule has 0 saturated carbocycles. The van der Waals surface area contributed by atoms with Gasteiger partial charge < -0.3 is 14.2 Å². The zero-order valence-electron chi connectivity index (χ0n) is 13.0. The van der Waals surface area contributed by atoms with Crippen molar-refractivity contribution >= 4 is 11.8 Å². The van der Waals surface area contributed by atoms with Crippen LogP contribution >= 0.6 is 0 Å². The van der Waals surface area contributed by atoms with Crippen LogP contribution in [0, 0.1) is 11.8 Å². The third-order valence-electron chi connectivity index (χ3n) is 2.56. The van der Waals surface area contributed by atoms with Gasteiger partial charge in [-0.25, -0.2) is 0 Å². The Labute approximate surface area is 130 Å². The lowest BCUT2D eigenvalue weighted by Crippen LogP contribution is -2.26. The molecule has 0 N–H and O–H groups in total. The summed E-state index contributed by atoms with van der Waals surface area (Å²) in [5.41, 5.74) is 0.697. The highest BCUT2D eigenvalue weighted by molar-refractivity contribution is 5.98. The molecule has 0 fully saturated rings. The van der Waals surface area contributed by atoms with Crippen molar-refractivity contribution in [2.75, 3.05) is 13.2 Å². The molecule has 22 heavy (non-hydrogen) atoms. The smallest absolute Gasteiger partial charge is 0.304 e. The van der Waals surface area contributed by atoms with E-state index in [0.717, 1.165) is 0 Å². The summed E-state index contributed by atoms with van der Waals surface area (Å²) < 4.78 is 15.5. The van der Waals surface area contributed by atoms with Crippen LogP contribution in [0.5, 0.6) is 0 Å². The van der Waals surface area contributed by atoms with Crippen LogP contribution in [0.4, 0.5) is 0 Å². The second kappa shape index (κ2) is 9.72. The minimum Gasteiger partial charge on any atom is -0.444 e. The molecule has 0 aliphatic heterocycles. The molecule has 0 saturated heterocycles. The van der Waals surface area contributed by atoms with E-state index in [2.05, 4.69) is 11.8 Å². The topological polar surface area (TPSA) is 61.8 Å². The lowest BCUT2D eigenvalue weighted by Gasteiger charge is -2.13. The molecule has 0 aliphatic carbocycles. The highest BCUT2D eigenvalue weighted by Gasteiger charge is 2.17. The molecule has 1 aromatic rings. The van der Waals surface area contributed by atoms with Crippen LogP contribution in [0.1, 0.15) is 32.4 Å². The summed E-state index contributed by atoms with van der Waals surface area (Å²) in [6, 6.07) is 8.99. The van der Waals surface area contributed by atoms with Gasteiger partial charge in [0.25, 0.3) is 5.78 Å². The summed E-state index contributed by atoms with van der Waals surface area (Å²) in [6.07, 6.45) is -1.82. The number of ketones is 1. The second-order valence-electron chi connectivity index (χ2n) is 4.28. The molecule has 1 unspecified atom stereocenters. The van der Waals surface area contributed by atoms with Gasteiger partial charge in [-0.2, -0.15) is 0 Å². The summed E-state index contributed by atoms with van der Waals surface area (Å²) in [7, 11) is 0. The number of Topliss-reactive ketones (excluding diaryl/α,β-unsaturated/α-hetero) is 1. The fourth-order valence-electron chi connectivity index (χ4n) is 1.67. The van der Waals surface area contributed by atoms with Crippen molar-refractivity contribution in [3.63, 3.8) is 0 Å². The summed E-state index contributed by atoms with van der Waals surface area (Å²) in [5.74, 6) is 4.13. The highest BCUT2D eigenvalue weighted by Crippen LogP contribution is 2.16. The fourth-order valence-corrected chi connectivity index (χ4v) is 1.67. The van der Waals surface area contributed by atoms with Crippen LogP contribution in [0.2, 0.25) is 0 Å². The number of carbonyl (C=O) groups is 2. The summed E-state index contributed by atoms with van der Waals surface area (Å²) in [5, 5.41) is 0. The predicted molar refractivity (Wildman–Crippen MR) is 80.8 cm³/mol. The zero-order valence-corrected chi connectivity index (χ0v) is 13.0. The number of benzene rings is 1. The van der Waals surface area contributed by atoms with Gasteiger partial charge in [0.15, 0.2) is 6.10 Å². The molecule has 0 amide bonds. The van der Waals surface area contributed by atoms with Gasteiger partial charge in [0.1, 0.15) is 0 Å². The minimum atomic E-state index is -1.02. The molecule has 0 aliphatic rings. The Morgan fingerprint density at radius 1 is 1.09 bits per heavy atom. The van der Waals surface area contributed by atoms with Gasteiger partial charge in [-0.05, 0) is 25.7 Å². The second-order valence-corrected chi connectivity index (χ2v) is 4.28. The van der Waals surface area contributed by atoms with Crippen molar-refractivity contribution in [3.05, 3.63) is 35.9 Å². The maximum Gasteiger partial charge on any atom is 0.304 e. The minimum absolute atomic E-state index is 0.337. The normalized spacial score (nSPS) is 11.5. The predicted octanol–water partition coefficient (Wildman–Crippen LogP) is 2.26. The molecule has 0 aromatic heterocycles. The average Bonchev–Trinajstić information content (AvgIpc) is 2.51. The molecule has 1 aromatic carbocycles. The van der Waals surface area contributed by atoms with Crippen LogP contribution in [0.3, 0.4) is 0 Å². The van der Waals surface area contributed by atoms with Crippen molar-refractivity contribution in [2.24, 2.45) is 0 Å². The Morgan fingerprint density at radius 2 is 1.68 bits per heavy atom. The largest absolute Gasteiger partial charge is 0.444 e. The van der Waals surface area contributed by atoms with Gasteiger partial charge in [-0.15, -0.1) is 0 Å². The highest BCUT2D eigenvalue weighted by atomic mass is 16.7. The Bertz CT molecular complexity index is 535. The summed E-state index contributed by atoms with van der Waals surface area (Å²) in [4.78, 5) is 23.2. The van der Waals surface area contributed by atoms with E-state index in [4.69, 9.17) is 14.2 Å². The van der Waals surface area contributed by atoms with Crippen LogP contribution < -0.4 is 0 Å². The van der Waals surface area contributed by atoms with E-state index < -0.39 is 24.1 Å². The first-order valence-electron chi connectivity index (χ1n) is 7.09. The number of carbonyl (C=O) groups excluding carboxylic acids is 2. The van der Waals surface area contributed by atoms with Crippen molar-refractivity contribution in [1.82, 2.24) is 0 Å². The number of ether oxygens (including phenoxy) is 3. The van der Waals surface area contributed by atoms with Crippen molar-refractivity contribution in [3.8, 4) is 11.8 Å². The van der Waals surface area contributed by atoms with Gasteiger partial charge in [-0.3, -0.25) is 9.59 Å². The standard InChI is InChI=1S/C17H20O5/c1-4-20-17(21-5-2)15(19)11-12-16(22-13(3)18)14-9-7-6-8-10-14/h6-10,16-17H,4-5H2,1-3H3. The zero-order chi connectivity index (χ0) is 16.4. The van der Waals surface area contributed by atoms with Crippen molar-refractivity contribution in [1.29, 1.82) is 0 Å². The van der Waals surface area contributed by atoms with E-state index in [9.17, 15) is 9.59 Å². The Balaban J connectivity index is 2.90. The monoisotopic (exact) mass is 304 g/mol. The van der Waals surface area contributed by atoms with Gasteiger partial charge in [0, 0.05) is 25.7 Å². The van der Waals surface area contributed by atoms with E-state index in [1.54, 1.807) is 38.1 Å². The van der Waals surface area contributed by atoms with E-state index in [1.165, 1.54) is 6.92 Å². The number of hydrogen-bond acceptors (Lipinski definition) is 5.